The van der Waals surface area contributed by atoms with Gasteiger partial charge in [-0.05, 0) is 36.4 Å². The first-order valence-electron chi connectivity index (χ1n) is 9.28. The van der Waals surface area contributed by atoms with Crippen molar-refractivity contribution in [1.29, 1.82) is 0 Å². The first-order valence-corrected chi connectivity index (χ1v) is 9.28. The summed E-state index contributed by atoms with van der Waals surface area (Å²) in [5, 5.41) is 18.2. The predicted molar refractivity (Wildman–Crippen MR) is 105 cm³/mol. The molecule has 0 aliphatic carbocycles. The zero-order valence-electron chi connectivity index (χ0n) is 15.7. The van der Waals surface area contributed by atoms with Crippen molar-refractivity contribution in [2.24, 2.45) is 0 Å². The summed E-state index contributed by atoms with van der Waals surface area (Å²) in [4.78, 5) is 19.2. The second-order valence-electron chi connectivity index (χ2n) is 6.75. The third-order valence-electron chi connectivity index (χ3n) is 4.88. The molecule has 0 radical (unpaired) electrons. The van der Waals surface area contributed by atoms with Crippen LogP contribution in [0.3, 0.4) is 0 Å². The summed E-state index contributed by atoms with van der Waals surface area (Å²) in [6.07, 6.45) is 1.64. The van der Waals surface area contributed by atoms with Crippen LogP contribution < -0.4 is 10.5 Å². The molecule has 0 unspecified atom stereocenters. The Labute approximate surface area is 169 Å². The molecule has 1 aliphatic heterocycles. The number of ether oxygens (including phenoxy) is 1. The van der Waals surface area contributed by atoms with E-state index in [-0.39, 0.29) is 17.5 Å². The average Bonchev–Trinajstić information content (AvgIpc) is 3.27. The lowest BCUT2D eigenvalue weighted by Gasteiger charge is -2.28. The van der Waals surface area contributed by atoms with E-state index in [2.05, 4.69) is 20.1 Å². The number of hydrogen-bond donors (Lipinski definition) is 1. The van der Waals surface area contributed by atoms with Gasteiger partial charge in [-0.1, -0.05) is 0 Å². The average molecular weight is 409 g/mol. The number of aromatic nitrogens is 4. The highest BCUT2D eigenvalue weighted by Crippen LogP contribution is 2.27. The lowest BCUT2D eigenvalue weighted by Crippen LogP contribution is -2.36. The molecule has 1 N–H and O–H groups in total. The number of nitrogens with zero attached hydrogens (tertiary/aromatic N) is 5. The zero-order valence-corrected chi connectivity index (χ0v) is 15.7. The fourth-order valence-corrected chi connectivity index (χ4v) is 3.30. The molecule has 4 heterocycles. The van der Waals surface area contributed by atoms with E-state index >= 15 is 0 Å². The molecule has 9 nitrogen and oxygen atoms in total. The molecule has 152 valence electrons. The maximum absolute atomic E-state index is 13.1. The summed E-state index contributed by atoms with van der Waals surface area (Å²) < 4.78 is 25.3. The Kier molecular flexibility index (Phi) is 4.40. The van der Waals surface area contributed by atoms with Crippen molar-refractivity contribution in [2.45, 2.75) is 0 Å². The topological polar surface area (TPSA) is 106 Å². The van der Waals surface area contributed by atoms with Gasteiger partial charge in [-0.2, -0.15) is 0 Å². The minimum absolute atomic E-state index is 0.108. The number of anilines is 1. The molecule has 1 aliphatic rings. The van der Waals surface area contributed by atoms with Crippen LogP contribution in [-0.4, -0.2) is 51.0 Å². The van der Waals surface area contributed by atoms with Gasteiger partial charge in [0.15, 0.2) is 5.69 Å². The van der Waals surface area contributed by atoms with E-state index in [1.807, 2.05) is 6.07 Å². The zero-order chi connectivity index (χ0) is 20.7. The van der Waals surface area contributed by atoms with Crippen LogP contribution in [0.25, 0.3) is 28.7 Å². The molecule has 5 rings (SSSR count). The molecule has 30 heavy (non-hydrogen) atoms. The number of hydrogen-bond acceptors (Lipinski definition) is 8. The van der Waals surface area contributed by atoms with Crippen LogP contribution in [0.1, 0.15) is 0 Å². The summed E-state index contributed by atoms with van der Waals surface area (Å²) in [5.41, 5.74) is 0.901. The number of halogens is 1. The number of pyridine rings is 1. The molecular weight excluding hydrogens is 393 g/mol. The Balaban J connectivity index is 1.55. The first kappa shape index (κ1) is 18.3. The van der Waals surface area contributed by atoms with Crippen molar-refractivity contribution < 1.29 is 18.7 Å². The largest absolute Gasteiger partial charge is 0.501 e. The lowest BCUT2D eigenvalue weighted by molar-refractivity contribution is 0.122. The van der Waals surface area contributed by atoms with Gasteiger partial charge in [0.25, 0.3) is 5.89 Å². The molecule has 1 saturated heterocycles. The van der Waals surface area contributed by atoms with E-state index in [9.17, 15) is 14.3 Å². The molecule has 1 aromatic carbocycles. The van der Waals surface area contributed by atoms with Crippen LogP contribution in [0.2, 0.25) is 0 Å². The van der Waals surface area contributed by atoms with E-state index in [1.165, 1.54) is 28.7 Å². The van der Waals surface area contributed by atoms with Crippen molar-refractivity contribution in [1.82, 2.24) is 19.6 Å². The monoisotopic (exact) mass is 409 g/mol. The fourth-order valence-electron chi connectivity index (χ4n) is 3.30. The summed E-state index contributed by atoms with van der Waals surface area (Å²) in [6.45, 7) is 2.66. The van der Waals surface area contributed by atoms with Gasteiger partial charge in [-0.25, -0.2) is 9.37 Å². The van der Waals surface area contributed by atoms with Crippen LogP contribution in [0, 0.1) is 5.82 Å². The van der Waals surface area contributed by atoms with Crippen molar-refractivity contribution in [3.8, 4) is 28.8 Å². The SMILES string of the molecule is O=c1c(O)c(-c2nnc(-c3ccc(F)cc3)o2)nc2ccc(N3CCOCC3)cn12. The molecule has 0 atom stereocenters. The van der Waals surface area contributed by atoms with Gasteiger partial charge in [-0.15, -0.1) is 10.2 Å². The molecule has 0 saturated carbocycles. The Hall–Kier alpha value is -3.79. The van der Waals surface area contributed by atoms with Gasteiger partial charge in [0.05, 0.1) is 18.9 Å². The summed E-state index contributed by atoms with van der Waals surface area (Å²) in [6, 6.07) is 9.05. The summed E-state index contributed by atoms with van der Waals surface area (Å²) in [5.74, 6) is -0.976. The first-order chi connectivity index (χ1) is 14.6. The smallest absolute Gasteiger partial charge is 0.300 e. The van der Waals surface area contributed by atoms with Crippen molar-refractivity contribution in [3.05, 3.63) is 58.8 Å². The molecular formula is C20H16FN5O4. The molecule has 10 heteroatoms. The fraction of sp³-hybridized carbons (Fsp3) is 0.200. The molecule has 3 aromatic heterocycles. The van der Waals surface area contributed by atoms with E-state index in [1.54, 1.807) is 12.3 Å². The minimum Gasteiger partial charge on any atom is -0.501 e. The van der Waals surface area contributed by atoms with Gasteiger partial charge in [0.2, 0.25) is 11.6 Å². The highest BCUT2D eigenvalue weighted by atomic mass is 19.1. The predicted octanol–water partition coefficient (Wildman–Crippen LogP) is 2.09. The Bertz CT molecular complexity index is 1280. The van der Waals surface area contributed by atoms with E-state index in [0.29, 0.717) is 37.5 Å². The summed E-state index contributed by atoms with van der Waals surface area (Å²) in [7, 11) is 0. The Morgan fingerprint density at radius 3 is 2.50 bits per heavy atom. The van der Waals surface area contributed by atoms with Crippen molar-refractivity contribution in [2.75, 3.05) is 31.2 Å². The quantitative estimate of drug-likeness (QED) is 0.548. The van der Waals surface area contributed by atoms with E-state index in [0.717, 1.165) is 5.69 Å². The number of rotatable bonds is 3. The normalized spacial score (nSPS) is 14.4. The number of aromatic hydroxyl groups is 1. The third-order valence-corrected chi connectivity index (χ3v) is 4.88. The van der Waals surface area contributed by atoms with Crippen LogP contribution in [0.5, 0.6) is 5.75 Å². The Morgan fingerprint density at radius 2 is 1.73 bits per heavy atom. The lowest BCUT2D eigenvalue weighted by atomic mass is 10.2. The minimum atomic E-state index is -0.647. The van der Waals surface area contributed by atoms with Crippen LogP contribution in [0.4, 0.5) is 10.1 Å². The van der Waals surface area contributed by atoms with Gasteiger partial charge >= 0.3 is 5.56 Å². The maximum atomic E-state index is 13.1. The van der Waals surface area contributed by atoms with Crippen LogP contribution in [-0.2, 0) is 4.74 Å². The molecule has 0 spiro atoms. The van der Waals surface area contributed by atoms with Crippen LogP contribution >= 0.6 is 0 Å². The Morgan fingerprint density at radius 1 is 1.00 bits per heavy atom. The van der Waals surface area contributed by atoms with Gasteiger partial charge in [-0.3, -0.25) is 9.20 Å². The van der Waals surface area contributed by atoms with Gasteiger partial charge in [0.1, 0.15) is 11.5 Å². The summed E-state index contributed by atoms with van der Waals surface area (Å²) >= 11 is 0. The number of fused-ring (bicyclic) bond motifs is 1. The number of morpholine rings is 1. The van der Waals surface area contributed by atoms with E-state index < -0.39 is 17.1 Å². The molecule has 4 aromatic rings. The number of benzene rings is 1. The highest BCUT2D eigenvalue weighted by Gasteiger charge is 2.21. The van der Waals surface area contributed by atoms with Crippen molar-refractivity contribution in [3.63, 3.8) is 0 Å². The van der Waals surface area contributed by atoms with Crippen LogP contribution in [0.15, 0.2) is 51.8 Å². The molecule has 0 bridgehead atoms. The van der Waals surface area contributed by atoms with Gasteiger partial charge in [0, 0.05) is 24.8 Å². The standard InChI is InChI=1S/C20H16FN5O4/c21-13-3-1-12(2-4-13)18-23-24-19(30-18)16-17(27)20(28)26-11-14(5-6-15(26)22-16)25-7-9-29-10-8-25/h1-6,11,27H,7-10H2. The van der Waals surface area contributed by atoms with Gasteiger partial charge < -0.3 is 19.2 Å². The molecule has 1 fully saturated rings. The second kappa shape index (κ2) is 7.23. The molecule has 0 amide bonds. The van der Waals surface area contributed by atoms with E-state index in [4.69, 9.17) is 9.15 Å². The maximum Gasteiger partial charge on any atom is 0.300 e. The second-order valence-corrected chi connectivity index (χ2v) is 6.75. The van der Waals surface area contributed by atoms with Crippen molar-refractivity contribution >= 4 is 11.3 Å². The highest BCUT2D eigenvalue weighted by molar-refractivity contribution is 5.63. The third kappa shape index (κ3) is 3.16.